The number of halogens is 2. The molecule has 1 aromatic carbocycles. The van der Waals surface area contributed by atoms with E-state index in [1.54, 1.807) is 6.07 Å². The van der Waals surface area contributed by atoms with Crippen molar-refractivity contribution in [3.63, 3.8) is 0 Å². The molecule has 170 valence electrons. The van der Waals surface area contributed by atoms with E-state index in [0.29, 0.717) is 11.5 Å². The molecule has 1 unspecified atom stereocenters. The van der Waals surface area contributed by atoms with Crippen LogP contribution in [0.15, 0.2) is 42.5 Å². The summed E-state index contributed by atoms with van der Waals surface area (Å²) in [5.74, 6) is 3.31. The second-order valence-corrected chi connectivity index (χ2v) is 11.3. The van der Waals surface area contributed by atoms with Crippen LogP contribution in [0.25, 0.3) is 5.57 Å². The minimum Gasteiger partial charge on any atom is -0.206 e. The second kappa shape index (κ2) is 10.7. The molecule has 0 aromatic heterocycles. The first-order valence-electron chi connectivity index (χ1n) is 12.9. The van der Waals surface area contributed by atoms with Gasteiger partial charge in [-0.15, -0.1) is 11.6 Å². The molecule has 0 heterocycles. The van der Waals surface area contributed by atoms with Crippen LogP contribution in [0.2, 0.25) is 0 Å². The van der Waals surface area contributed by atoms with Gasteiger partial charge in [0.15, 0.2) is 0 Å². The maximum absolute atomic E-state index is 14.1. The summed E-state index contributed by atoms with van der Waals surface area (Å²) in [6.45, 7) is 2.33. The van der Waals surface area contributed by atoms with E-state index >= 15 is 0 Å². The van der Waals surface area contributed by atoms with Gasteiger partial charge < -0.3 is 0 Å². The number of hydrogen-bond acceptors (Lipinski definition) is 0. The summed E-state index contributed by atoms with van der Waals surface area (Å²) in [7, 11) is 0. The fourth-order valence-corrected chi connectivity index (χ4v) is 6.81. The Morgan fingerprint density at radius 2 is 1.45 bits per heavy atom. The summed E-state index contributed by atoms with van der Waals surface area (Å²) in [5, 5.41) is 0. The molecule has 0 bridgehead atoms. The van der Waals surface area contributed by atoms with Crippen LogP contribution in [0.1, 0.15) is 96.0 Å². The van der Waals surface area contributed by atoms with Gasteiger partial charge >= 0.3 is 0 Å². The Morgan fingerprint density at radius 1 is 0.871 bits per heavy atom. The van der Waals surface area contributed by atoms with E-state index in [1.807, 2.05) is 12.1 Å². The highest BCUT2D eigenvalue weighted by Crippen LogP contribution is 2.46. The van der Waals surface area contributed by atoms with Gasteiger partial charge in [-0.05, 0) is 54.6 Å². The fraction of sp³-hybridized carbons (Fsp3) is 0.655. The summed E-state index contributed by atoms with van der Waals surface area (Å²) in [6, 6.07) is 7.03. The highest BCUT2D eigenvalue weighted by atomic mass is 35.5. The van der Waals surface area contributed by atoms with Crippen molar-refractivity contribution in [1.82, 2.24) is 0 Å². The largest absolute Gasteiger partial charge is 0.206 e. The molecule has 0 N–H and O–H groups in total. The van der Waals surface area contributed by atoms with Gasteiger partial charge in [-0.1, -0.05) is 108 Å². The number of hydrogen-bond donors (Lipinski definition) is 0. The van der Waals surface area contributed by atoms with Crippen molar-refractivity contribution >= 4 is 17.2 Å². The molecule has 2 saturated carbocycles. The minimum absolute atomic E-state index is 0.153. The third-order valence-corrected chi connectivity index (χ3v) is 9.12. The second-order valence-electron chi connectivity index (χ2n) is 10.6. The predicted octanol–water partition coefficient (Wildman–Crippen LogP) is 9.34. The monoisotopic (exact) mass is 442 g/mol. The van der Waals surface area contributed by atoms with Crippen LogP contribution < -0.4 is 0 Å². The maximum Gasteiger partial charge on any atom is 0.131 e. The van der Waals surface area contributed by atoms with Crippen molar-refractivity contribution in [3.05, 3.63) is 53.9 Å². The van der Waals surface area contributed by atoms with Crippen LogP contribution in [0, 0.1) is 29.5 Å². The van der Waals surface area contributed by atoms with Gasteiger partial charge in [0.1, 0.15) is 5.82 Å². The van der Waals surface area contributed by atoms with Crippen LogP contribution in [0.5, 0.6) is 0 Å². The van der Waals surface area contributed by atoms with Crippen LogP contribution in [-0.4, -0.2) is 4.87 Å². The lowest BCUT2D eigenvalue weighted by molar-refractivity contribution is 0.201. The zero-order valence-electron chi connectivity index (χ0n) is 19.3. The summed E-state index contributed by atoms with van der Waals surface area (Å²) in [6.07, 6.45) is 23.9. The molecule has 0 nitrogen and oxygen atoms in total. The van der Waals surface area contributed by atoms with Gasteiger partial charge in [-0.3, -0.25) is 0 Å². The first-order chi connectivity index (χ1) is 15.1. The van der Waals surface area contributed by atoms with E-state index in [9.17, 15) is 4.39 Å². The minimum atomic E-state index is -0.280. The number of alkyl halides is 1. The maximum atomic E-state index is 14.1. The molecule has 0 radical (unpaired) electrons. The molecule has 3 aliphatic carbocycles. The molecule has 1 aromatic rings. The van der Waals surface area contributed by atoms with Gasteiger partial charge in [-0.25, -0.2) is 4.39 Å². The number of allylic oxidation sites excluding steroid dienone is 4. The third kappa shape index (κ3) is 5.84. The highest BCUT2D eigenvalue weighted by Gasteiger charge is 2.37. The topological polar surface area (TPSA) is 0 Å². The molecule has 0 saturated heterocycles. The van der Waals surface area contributed by atoms with Crippen LogP contribution in [0.4, 0.5) is 4.39 Å². The molecule has 0 amide bonds. The lowest BCUT2D eigenvalue weighted by atomic mass is 9.70. The quantitative estimate of drug-likeness (QED) is 0.369. The summed E-state index contributed by atoms with van der Waals surface area (Å²) in [5.41, 5.74) is 1.65. The molecule has 31 heavy (non-hydrogen) atoms. The van der Waals surface area contributed by atoms with E-state index in [4.69, 9.17) is 11.6 Å². The first-order valence-corrected chi connectivity index (χ1v) is 13.3. The van der Waals surface area contributed by atoms with Gasteiger partial charge in [0, 0.05) is 5.56 Å². The molecule has 4 rings (SSSR count). The van der Waals surface area contributed by atoms with Gasteiger partial charge in [0.2, 0.25) is 0 Å². The number of rotatable bonds is 7. The average molecular weight is 443 g/mol. The zero-order valence-corrected chi connectivity index (χ0v) is 20.1. The van der Waals surface area contributed by atoms with Crippen molar-refractivity contribution < 1.29 is 4.39 Å². The van der Waals surface area contributed by atoms with E-state index in [2.05, 4.69) is 25.2 Å². The lowest BCUT2D eigenvalue weighted by Gasteiger charge is -2.39. The Balaban J connectivity index is 1.21. The zero-order chi connectivity index (χ0) is 21.7. The molecule has 2 fully saturated rings. The molecule has 1 atom stereocenters. The van der Waals surface area contributed by atoms with E-state index in [1.165, 1.54) is 83.1 Å². The Kier molecular flexibility index (Phi) is 7.96. The summed E-state index contributed by atoms with van der Waals surface area (Å²) >= 11 is 7.11. The van der Waals surface area contributed by atoms with Crippen molar-refractivity contribution in [2.24, 2.45) is 23.7 Å². The predicted molar refractivity (Wildman–Crippen MR) is 132 cm³/mol. The highest BCUT2D eigenvalue weighted by molar-refractivity contribution is 6.26. The standard InChI is InChI=1S/C29H40ClF/c1-2-5-22-8-10-23(11-9-22)12-13-24-14-16-26(17-15-24)29(30)20-18-25(19-21-29)27-6-3-4-7-28(27)31/h3-4,6-7,18-20,22-24,26H,2,5,8-17,21H2,1H3. The van der Waals surface area contributed by atoms with Crippen molar-refractivity contribution in [2.75, 3.05) is 0 Å². The van der Waals surface area contributed by atoms with Crippen LogP contribution >= 0.6 is 11.6 Å². The fourth-order valence-electron chi connectivity index (χ4n) is 6.45. The first kappa shape index (κ1) is 23.1. The smallest absolute Gasteiger partial charge is 0.131 e. The van der Waals surface area contributed by atoms with E-state index in [-0.39, 0.29) is 10.7 Å². The Hall–Kier alpha value is -1.08. The van der Waals surface area contributed by atoms with Gasteiger partial charge in [-0.2, -0.15) is 0 Å². The van der Waals surface area contributed by atoms with E-state index < -0.39 is 0 Å². The Bertz CT molecular complexity index is 765. The average Bonchev–Trinajstić information content (AvgIpc) is 2.80. The van der Waals surface area contributed by atoms with Crippen LogP contribution in [-0.2, 0) is 0 Å². The molecular weight excluding hydrogens is 403 g/mol. The Labute approximate surface area is 194 Å². The summed E-state index contributed by atoms with van der Waals surface area (Å²) in [4.78, 5) is -0.280. The number of benzene rings is 1. The third-order valence-electron chi connectivity index (χ3n) is 8.53. The van der Waals surface area contributed by atoms with Crippen molar-refractivity contribution in [2.45, 2.75) is 95.3 Å². The SMILES string of the molecule is CCCC1CCC(CCC2CCC(C3(Cl)C=CC(c4ccccc4F)=CC3)CC2)CC1. The van der Waals surface area contributed by atoms with Crippen molar-refractivity contribution in [1.29, 1.82) is 0 Å². The van der Waals surface area contributed by atoms with E-state index in [0.717, 1.165) is 29.7 Å². The molecule has 3 aliphatic rings. The Morgan fingerprint density at radius 3 is 2.00 bits per heavy atom. The normalized spacial score (nSPS) is 33.8. The molecule has 0 spiro atoms. The molecular formula is C29H40ClF. The molecule has 2 heteroatoms. The lowest BCUT2D eigenvalue weighted by Crippen LogP contribution is -2.34. The molecule has 0 aliphatic heterocycles. The van der Waals surface area contributed by atoms with Gasteiger partial charge in [0.05, 0.1) is 4.87 Å². The van der Waals surface area contributed by atoms with Crippen LogP contribution in [0.3, 0.4) is 0 Å². The summed E-state index contributed by atoms with van der Waals surface area (Å²) < 4.78 is 14.1. The van der Waals surface area contributed by atoms with Crippen molar-refractivity contribution in [3.8, 4) is 0 Å². The van der Waals surface area contributed by atoms with Gasteiger partial charge in [0.25, 0.3) is 0 Å².